The van der Waals surface area contributed by atoms with Crippen LogP contribution in [-0.2, 0) is 9.59 Å². The summed E-state index contributed by atoms with van der Waals surface area (Å²) in [6, 6.07) is 13.4. The normalized spacial score (nSPS) is 17.1. The maximum atomic E-state index is 12.8. The van der Waals surface area contributed by atoms with E-state index in [-0.39, 0.29) is 24.4 Å². The van der Waals surface area contributed by atoms with Crippen LogP contribution in [0.2, 0.25) is 0 Å². The van der Waals surface area contributed by atoms with Crippen LogP contribution in [0.25, 0.3) is 0 Å². The maximum absolute atomic E-state index is 12.8. The third-order valence-corrected chi connectivity index (χ3v) is 5.41. The number of nitrogens with zero attached hydrogens (tertiary/aromatic N) is 2. The van der Waals surface area contributed by atoms with E-state index in [9.17, 15) is 9.59 Å². The third-order valence-electron chi connectivity index (χ3n) is 5.41. The highest BCUT2D eigenvalue weighted by Crippen LogP contribution is 2.28. The van der Waals surface area contributed by atoms with Crippen LogP contribution in [0, 0.1) is 0 Å². The summed E-state index contributed by atoms with van der Waals surface area (Å²) in [5.74, 6) is 1.08. The van der Waals surface area contributed by atoms with Crippen molar-refractivity contribution in [3.63, 3.8) is 0 Å². The molecule has 2 N–H and O–H groups in total. The molecule has 8 nitrogen and oxygen atoms in total. The lowest BCUT2D eigenvalue weighted by molar-refractivity contribution is -0.118. The number of anilines is 2. The molecule has 1 heterocycles. The zero-order valence-corrected chi connectivity index (χ0v) is 18.5. The van der Waals surface area contributed by atoms with Gasteiger partial charge in [0.05, 0.1) is 32.1 Å². The van der Waals surface area contributed by atoms with Crippen LogP contribution < -0.4 is 20.1 Å². The lowest BCUT2D eigenvalue weighted by atomic mass is 10.0. The second-order valence-corrected chi connectivity index (χ2v) is 7.65. The molecule has 0 spiro atoms. The molecule has 3 rings (SSSR count). The zero-order valence-electron chi connectivity index (χ0n) is 18.5. The second-order valence-electron chi connectivity index (χ2n) is 7.65. The molecule has 0 aliphatic carbocycles. The Hall–Kier alpha value is -3.10. The number of benzene rings is 2. The number of methoxy groups -OCH3 is 2. The summed E-state index contributed by atoms with van der Waals surface area (Å²) in [5, 5.41) is 5.65. The average molecular weight is 427 g/mol. The molecule has 166 valence electrons. The van der Waals surface area contributed by atoms with Gasteiger partial charge in [0.25, 0.3) is 0 Å². The minimum atomic E-state index is -0.206. The van der Waals surface area contributed by atoms with E-state index in [1.54, 1.807) is 32.4 Å². The zero-order chi connectivity index (χ0) is 22.4. The summed E-state index contributed by atoms with van der Waals surface area (Å²) in [5.41, 5.74) is 2.24. The quantitative estimate of drug-likeness (QED) is 0.708. The van der Waals surface area contributed by atoms with E-state index in [0.717, 1.165) is 25.4 Å². The molecule has 0 aromatic heterocycles. The van der Waals surface area contributed by atoms with E-state index in [1.807, 2.05) is 12.1 Å². The molecule has 2 amide bonds. The van der Waals surface area contributed by atoms with E-state index >= 15 is 0 Å². The molecule has 0 bridgehead atoms. The van der Waals surface area contributed by atoms with Crippen LogP contribution in [-0.4, -0.2) is 69.1 Å². The fourth-order valence-corrected chi connectivity index (χ4v) is 3.71. The van der Waals surface area contributed by atoms with Gasteiger partial charge < -0.3 is 20.1 Å². The third kappa shape index (κ3) is 5.96. The monoisotopic (exact) mass is 426 g/mol. The van der Waals surface area contributed by atoms with Gasteiger partial charge in [-0.1, -0.05) is 12.1 Å². The van der Waals surface area contributed by atoms with Crippen LogP contribution in [0.5, 0.6) is 11.5 Å². The van der Waals surface area contributed by atoms with Gasteiger partial charge in [-0.2, -0.15) is 0 Å². The number of carbonyl (C=O) groups is 2. The summed E-state index contributed by atoms with van der Waals surface area (Å²) in [4.78, 5) is 28.7. The largest absolute Gasteiger partial charge is 0.497 e. The summed E-state index contributed by atoms with van der Waals surface area (Å²) in [7, 11) is 5.31. The van der Waals surface area contributed by atoms with Crippen molar-refractivity contribution in [2.45, 2.75) is 13.0 Å². The molecule has 1 fully saturated rings. The van der Waals surface area contributed by atoms with Crippen molar-refractivity contribution in [2.24, 2.45) is 0 Å². The minimum absolute atomic E-state index is 0.141. The molecule has 1 unspecified atom stereocenters. The van der Waals surface area contributed by atoms with Gasteiger partial charge in [-0.25, -0.2) is 0 Å². The molecule has 31 heavy (non-hydrogen) atoms. The number of hydrogen-bond acceptors (Lipinski definition) is 6. The Balaban J connectivity index is 1.66. The molecular formula is C23H30N4O4. The minimum Gasteiger partial charge on any atom is -0.497 e. The Bertz CT molecular complexity index is 916. The van der Waals surface area contributed by atoms with Crippen LogP contribution in [0.1, 0.15) is 18.5 Å². The Morgan fingerprint density at radius 2 is 1.65 bits per heavy atom. The molecule has 0 radical (unpaired) electrons. The van der Waals surface area contributed by atoms with E-state index < -0.39 is 0 Å². The maximum Gasteiger partial charge on any atom is 0.238 e. The molecule has 1 aliphatic heterocycles. The van der Waals surface area contributed by atoms with Crippen LogP contribution >= 0.6 is 0 Å². The van der Waals surface area contributed by atoms with E-state index in [0.29, 0.717) is 17.1 Å². The van der Waals surface area contributed by atoms with Crippen molar-refractivity contribution in [1.29, 1.82) is 0 Å². The first-order valence-electron chi connectivity index (χ1n) is 10.2. The van der Waals surface area contributed by atoms with E-state index in [2.05, 4.69) is 39.6 Å². The fraction of sp³-hybridized carbons (Fsp3) is 0.391. The highest BCUT2D eigenvalue weighted by Gasteiger charge is 2.27. The molecule has 8 heteroatoms. The van der Waals surface area contributed by atoms with E-state index in [4.69, 9.17) is 9.47 Å². The van der Waals surface area contributed by atoms with E-state index in [1.165, 1.54) is 12.5 Å². The standard InChI is InChI=1S/C23H30N4O4/c1-16(28)24-20-10-9-19(31-4)13-21(20)25-23(29)15-27-12-11-26(2)22(14-27)17-5-7-18(30-3)8-6-17/h5-10,13,22H,11-12,14-15H2,1-4H3,(H,24,28)(H,25,29). The molecular weight excluding hydrogens is 396 g/mol. The van der Waals surface area contributed by atoms with Gasteiger partial charge in [0, 0.05) is 38.7 Å². The van der Waals surface area contributed by atoms with Crippen molar-refractivity contribution in [3.05, 3.63) is 48.0 Å². The van der Waals surface area contributed by atoms with Crippen LogP contribution in [0.4, 0.5) is 11.4 Å². The second kappa shape index (κ2) is 10.3. The van der Waals surface area contributed by atoms with Crippen LogP contribution in [0.3, 0.4) is 0 Å². The molecule has 2 aromatic carbocycles. The van der Waals surface area contributed by atoms with Gasteiger partial charge in [-0.15, -0.1) is 0 Å². The number of carbonyl (C=O) groups excluding carboxylic acids is 2. The van der Waals surface area contributed by atoms with Gasteiger partial charge in [-0.3, -0.25) is 19.4 Å². The molecule has 1 aliphatic rings. The molecule has 0 saturated carbocycles. The number of rotatable bonds is 7. The smallest absolute Gasteiger partial charge is 0.238 e. The van der Waals surface area contributed by atoms with Crippen molar-refractivity contribution in [1.82, 2.24) is 9.80 Å². The lowest BCUT2D eigenvalue weighted by Gasteiger charge is -2.39. The fourth-order valence-electron chi connectivity index (χ4n) is 3.71. The number of hydrogen-bond donors (Lipinski definition) is 2. The SMILES string of the molecule is COc1ccc(C2CN(CC(=O)Nc3cc(OC)ccc3NC(C)=O)CCN2C)cc1. The highest BCUT2D eigenvalue weighted by atomic mass is 16.5. The Morgan fingerprint density at radius 1 is 0.968 bits per heavy atom. The first-order valence-corrected chi connectivity index (χ1v) is 10.2. The molecule has 2 aromatic rings. The first kappa shape index (κ1) is 22.6. The Morgan fingerprint density at radius 3 is 2.29 bits per heavy atom. The average Bonchev–Trinajstić information content (AvgIpc) is 2.76. The van der Waals surface area contributed by atoms with Gasteiger partial charge in [0.1, 0.15) is 11.5 Å². The summed E-state index contributed by atoms with van der Waals surface area (Å²) in [6.45, 7) is 4.09. The summed E-state index contributed by atoms with van der Waals surface area (Å²) < 4.78 is 10.5. The van der Waals surface area contributed by atoms with Crippen molar-refractivity contribution in [3.8, 4) is 11.5 Å². The summed E-state index contributed by atoms with van der Waals surface area (Å²) in [6.07, 6.45) is 0. The van der Waals surface area contributed by atoms with Crippen molar-refractivity contribution >= 4 is 23.2 Å². The number of likely N-dealkylation sites (N-methyl/N-ethyl adjacent to an activating group) is 1. The number of ether oxygens (including phenoxy) is 2. The Kier molecular flexibility index (Phi) is 7.49. The topological polar surface area (TPSA) is 83.1 Å². The summed E-state index contributed by atoms with van der Waals surface area (Å²) >= 11 is 0. The van der Waals surface area contributed by atoms with Gasteiger partial charge in [0.2, 0.25) is 11.8 Å². The number of amides is 2. The van der Waals surface area contributed by atoms with Gasteiger partial charge in [-0.05, 0) is 36.9 Å². The van der Waals surface area contributed by atoms with Gasteiger partial charge in [0.15, 0.2) is 0 Å². The first-order chi connectivity index (χ1) is 14.9. The van der Waals surface area contributed by atoms with Crippen molar-refractivity contribution < 1.29 is 19.1 Å². The van der Waals surface area contributed by atoms with Gasteiger partial charge >= 0.3 is 0 Å². The Labute approximate surface area is 183 Å². The number of piperazine rings is 1. The van der Waals surface area contributed by atoms with Crippen LogP contribution in [0.15, 0.2) is 42.5 Å². The lowest BCUT2D eigenvalue weighted by Crippen LogP contribution is -2.48. The number of nitrogens with one attached hydrogen (secondary N) is 2. The highest BCUT2D eigenvalue weighted by molar-refractivity contribution is 5.99. The predicted octanol–water partition coefficient (Wildman–Crippen LogP) is 2.59. The van der Waals surface area contributed by atoms with Crippen molar-refractivity contribution in [2.75, 3.05) is 58.1 Å². The molecule has 1 saturated heterocycles. The molecule has 1 atom stereocenters. The predicted molar refractivity (Wildman–Crippen MR) is 121 cm³/mol.